The van der Waals surface area contributed by atoms with Gasteiger partial charge < -0.3 is 10.2 Å². The minimum Gasteiger partial charge on any atom is -0.479 e. The van der Waals surface area contributed by atoms with Gasteiger partial charge in [0.15, 0.2) is 11.3 Å². The summed E-state index contributed by atoms with van der Waals surface area (Å²) >= 11 is 1.32. The van der Waals surface area contributed by atoms with Crippen molar-refractivity contribution in [2.24, 2.45) is 10.2 Å². The van der Waals surface area contributed by atoms with Gasteiger partial charge in [-0.3, -0.25) is 10.2 Å². The minimum atomic E-state index is -4.54. The third-order valence-corrected chi connectivity index (χ3v) is 6.35. The summed E-state index contributed by atoms with van der Waals surface area (Å²) in [4.78, 5) is 25.5. The minimum absolute atomic E-state index is 0.0849. The maximum atomic E-state index is 13.2. The van der Waals surface area contributed by atoms with E-state index in [-0.39, 0.29) is 22.9 Å². The van der Waals surface area contributed by atoms with E-state index < -0.39 is 35.3 Å². The van der Waals surface area contributed by atoms with Crippen molar-refractivity contribution in [3.05, 3.63) is 84.0 Å². The van der Waals surface area contributed by atoms with Gasteiger partial charge in [-0.05, 0) is 47.7 Å². The zero-order valence-corrected chi connectivity index (χ0v) is 20.1. The Balaban J connectivity index is 1.65. The van der Waals surface area contributed by atoms with Crippen molar-refractivity contribution in [3.63, 3.8) is 0 Å². The lowest BCUT2D eigenvalue weighted by atomic mass is 9.81. The summed E-state index contributed by atoms with van der Waals surface area (Å²) < 4.78 is 38.8. The van der Waals surface area contributed by atoms with Crippen molar-refractivity contribution >= 4 is 46.3 Å². The van der Waals surface area contributed by atoms with Gasteiger partial charge in [0, 0.05) is 5.75 Å². The average Bonchev–Trinajstić information content (AvgIpc) is 3.18. The molecule has 1 aliphatic carbocycles. The molecule has 0 aromatic heterocycles. The van der Waals surface area contributed by atoms with Crippen molar-refractivity contribution in [3.8, 4) is 0 Å². The second-order valence-electron chi connectivity index (χ2n) is 8.14. The van der Waals surface area contributed by atoms with Crippen LogP contribution in [0.1, 0.15) is 11.1 Å². The predicted molar refractivity (Wildman–Crippen MR) is 135 cm³/mol. The van der Waals surface area contributed by atoms with Crippen molar-refractivity contribution in [1.82, 2.24) is 5.43 Å². The summed E-state index contributed by atoms with van der Waals surface area (Å²) in [5, 5.41) is 30.3. The van der Waals surface area contributed by atoms with E-state index in [9.17, 15) is 33.0 Å². The molecular formula is C25H21F3N4O4S. The highest BCUT2D eigenvalue weighted by atomic mass is 32.2. The molecule has 0 spiro atoms. The van der Waals surface area contributed by atoms with Gasteiger partial charge >= 0.3 is 18.1 Å². The zero-order valence-electron chi connectivity index (χ0n) is 19.3. The van der Waals surface area contributed by atoms with Crippen LogP contribution >= 0.6 is 11.8 Å². The van der Waals surface area contributed by atoms with Crippen LogP contribution in [0, 0.1) is 0 Å². The standard InChI is InChI=1S/C25H21F3N4O4S/c1-37-14-19-20(22(34)32(30-19)17-11-9-16(10-12-17)25(26,27)28)29-31-24(23(35)36)13-5-8-18(21(24)33)15-6-3-2-4-7-15/h2-13,21,31,33H,14H2,1H3,(H,35,36). The quantitative estimate of drug-likeness (QED) is 0.472. The highest BCUT2D eigenvalue weighted by Crippen LogP contribution is 2.33. The van der Waals surface area contributed by atoms with E-state index >= 15 is 0 Å². The van der Waals surface area contributed by atoms with Gasteiger partial charge in [0.2, 0.25) is 0 Å². The number of hydrazone groups is 2. The molecule has 8 nitrogen and oxygen atoms in total. The molecule has 1 heterocycles. The van der Waals surface area contributed by atoms with Crippen molar-refractivity contribution in [2.45, 2.75) is 17.8 Å². The molecule has 2 aromatic rings. The second-order valence-corrected chi connectivity index (χ2v) is 9.00. The van der Waals surface area contributed by atoms with E-state index in [2.05, 4.69) is 15.6 Å². The number of carboxylic acid groups (broad SMARTS) is 1. The monoisotopic (exact) mass is 530 g/mol. The lowest BCUT2D eigenvalue weighted by Crippen LogP contribution is -2.58. The smallest absolute Gasteiger partial charge is 0.416 e. The molecule has 2 unspecified atom stereocenters. The zero-order chi connectivity index (χ0) is 26.8. The first-order valence-electron chi connectivity index (χ1n) is 10.9. The van der Waals surface area contributed by atoms with Gasteiger partial charge in [-0.25, -0.2) is 4.79 Å². The Morgan fingerprint density at radius 3 is 2.46 bits per heavy atom. The van der Waals surface area contributed by atoms with Crippen LogP contribution in [0.3, 0.4) is 0 Å². The SMILES string of the molecule is CSCC1=NN(c2ccc(C(F)(F)F)cc2)C(=O)C1=NNC1(C(=O)O)C=CC=C(c2ccccc2)C1O. The van der Waals surface area contributed by atoms with Crippen LogP contribution in [0.5, 0.6) is 0 Å². The Bertz CT molecular complexity index is 1320. The number of thioether (sulfide) groups is 1. The first-order valence-corrected chi connectivity index (χ1v) is 12.3. The number of hydrogen-bond acceptors (Lipinski definition) is 7. The second kappa shape index (κ2) is 10.2. The number of allylic oxidation sites excluding steroid dienone is 2. The fourth-order valence-electron chi connectivity index (χ4n) is 3.85. The van der Waals surface area contributed by atoms with E-state index in [0.29, 0.717) is 11.1 Å². The van der Waals surface area contributed by atoms with Gasteiger partial charge in [-0.15, -0.1) is 0 Å². The number of carbonyl (C=O) groups excluding carboxylic acids is 1. The van der Waals surface area contributed by atoms with E-state index in [1.54, 1.807) is 42.7 Å². The molecule has 12 heteroatoms. The Kier molecular flexibility index (Phi) is 7.23. The van der Waals surface area contributed by atoms with Crippen molar-refractivity contribution < 1.29 is 33.0 Å². The number of anilines is 1. The van der Waals surface area contributed by atoms with Gasteiger partial charge in [0.1, 0.15) is 11.8 Å². The number of carboxylic acids is 1. The molecule has 1 aliphatic heterocycles. The number of halogens is 3. The van der Waals surface area contributed by atoms with Gasteiger partial charge in [0.05, 0.1) is 11.3 Å². The fraction of sp³-hybridized carbons (Fsp3) is 0.200. The Morgan fingerprint density at radius 1 is 1.19 bits per heavy atom. The largest absolute Gasteiger partial charge is 0.479 e. The lowest BCUT2D eigenvalue weighted by molar-refractivity contribution is -0.145. The average molecular weight is 531 g/mol. The molecule has 2 aliphatic rings. The Hall–Kier alpha value is -3.90. The van der Waals surface area contributed by atoms with Crippen LogP contribution in [0.25, 0.3) is 5.57 Å². The van der Waals surface area contributed by atoms with Crippen LogP contribution < -0.4 is 10.4 Å². The molecule has 0 saturated heterocycles. The third-order valence-electron chi connectivity index (χ3n) is 5.78. The molecule has 1 amide bonds. The molecule has 0 fully saturated rings. The van der Waals surface area contributed by atoms with Crippen LogP contribution in [-0.2, 0) is 15.8 Å². The summed E-state index contributed by atoms with van der Waals surface area (Å²) in [5.41, 5.74) is 0.495. The number of aliphatic hydroxyl groups excluding tert-OH is 1. The highest BCUT2D eigenvalue weighted by Gasteiger charge is 2.47. The Labute approximate surface area is 213 Å². The highest BCUT2D eigenvalue weighted by molar-refractivity contribution is 7.99. The topological polar surface area (TPSA) is 115 Å². The van der Waals surface area contributed by atoms with Crippen LogP contribution in [0.4, 0.5) is 18.9 Å². The number of carbonyl (C=O) groups is 2. The van der Waals surface area contributed by atoms with E-state index in [0.717, 1.165) is 29.3 Å². The maximum Gasteiger partial charge on any atom is 0.416 e. The molecule has 3 N–H and O–H groups in total. The number of alkyl halides is 3. The number of aliphatic hydroxyl groups is 1. The summed E-state index contributed by atoms with van der Waals surface area (Å²) in [6.45, 7) is 0. The van der Waals surface area contributed by atoms with Gasteiger partial charge in [-0.1, -0.05) is 42.5 Å². The molecule has 192 valence electrons. The molecule has 4 rings (SSSR count). The number of aliphatic carboxylic acids is 1. The van der Waals surface area contributed by atoms with Crippen molar-refractivity contribution in [2.75, 3.05) is 17.0 Å². The third kappa shape index (κ3) is 5.02. The summed E-state index contributed by atoms with van der Waals surface area (Å²) in [6, 6.07) is 12.6. The maximum absolute atomic E-state index is 13.2. The number of amides is 1. The van der Waals surface area contributed by atoms with Crippen LogP contribution in [0.15, 0.2) is 83.0 Å². The summed E-state index contributed by atoms with van der Waals surface area (Å²) in [6.07, 6.45) is -0.0617. The molecule has 37 heavy (non-hydrogen) atoms. The Morgan fingerprint density at radius 2 is 1.86 bits per heavy atom. The normalized spacial score (nSPS) is 22.7. The molecular weight excluding hydrogens is 509 g/mol. The molecule has 0 saturated carbocycles. The number of rotatable bonds is 7. The van der Waals surface area contributed by atoms with Crippen LogP contribution in [0.2, 0.25) is 0 Å². The molecule has 2 atom stereocenters. The number of nitrogens with zero attached hydrogens (tertiary/aromatic N) is 3. The van der Waals surface area contributed by atoms with E-state index in [4.69, 9.17) is 0 Å². The molecule has 0 bridgehead atoms. The number of benzene rings is 2. The lowest BCUT2D eigenvalue weighted by Gasteiger charge is -2.34. The van der Waals surface area contributed by atoms with E-state index in [1.807, 2.05) is 0 Å². The fourth-order valence-corrected chi connectivity index (χ4v) is 4.32. The van der Waals surface area contributed by atoms with Crippen LogP contribution in [-0.4, -0.2) is 57.2 Å². The molecule has 0 radical (unpaired) electrons. The predicted octanol–water partition coefficient (Wildman–Crippen LogP) is 3.55. The summed E-state index contributed by atoms with van der Waals surface area (Å²) in [5.74, 6) is -1.97. The first-order chi connectivity index (χ1) is 17.6. The molecule has 2 aromatic carbocycles. The van der Waals surface area contributed by atoms with Crippen molar-refractivity contribution in [1.29, 1.82) is 0 Å². The van der Waals surface area contributed by atoms with Gasteiger partial charge in [0.25, 0.3) is 0 Å². The van der Waals surface area contributed by atoms with Gasteiger partial charge in [-0.2, -0.15) is 40.1 Å². The number of nitrogens with one attached hydrogen (secondary N) is 1. The summed E-state index contributed by atoms with van der Waals surface area (Å²) in [7, 11) is 0. The van der Waals surface area contributed by atoms with E-state index in [1.165, 1.54) is 23.9 Å². The first kappa shape index (κ1) is 26.2. The number of hydrogen-bond donors (Lipinski definition) is 3.